The van der Waals surface area contributed by atoms with Crippen molar-refractivity contribution in [2.75, 3.05) is 10.6 Å². The van der Waals surface area contributed by atoms with Crippen molar-refractivity contribution in [3.8, 4) is 0 Å². The van der Waals surface area contributed by atoms with Gasteiger partial charge in [-0.1, -0.05) is 36.5 Å². The summed E-state index contributed by atoms with van der Waals surface area (Å²) in [6.07, 6.45) is 2.32. The third-order valence-electron chi connectivity index (χ3n) is 3.36. The largest absolute Gasteiger partial charge is 0.326 e. The average molecular weight is 365 g/mol. The molecule has 0 atom stereocenters. The first-order chi connectivity index (χ1) is 11.5. The Morgan fingerprint density at radius 3 is 2.38 bits per heavy atom. The number of rotatable bonds is 6. The Labute approximate surface area is 151 Å². The summed E-state index contributed by atoms with van der Waals surface area (Å²) >= 11 is 11.9. The van der Waals surface area contributed by atoms with E-state index in [0.29, 0.717) is 33.4 Å². The molecule has 0 aliphatic carbocycles. The molecule has 2 rings (SSSR count). The number of hydrogen-bond donors (Lipinski definition) is 2. The standard InChI is InChI=1S/C18H18Cl2N2O2/c1-2-3-4-17(23)21-14-8-5-12(6-9-14)18(24)22-16-11-13(19)7-10-15(16)20/h5-11H,2-4H2,1H3,(H,21,23)(H,22,24). The van der Waals surface area contributed by atoms with Crippen LogP contribution in [0.5, 0.6) is 0 Å². The second-order valence-electron chi connectivity index (χ2n) is 5.31. The van der Waals surface area contributed by atoms with Crippen molar-refractivity contribution >= 4 is 46.4 Å². The van der Waals surface area contributed by atoms with Gasteiger partial charge in [0.2, 0.25) is 5.91 Å². The highest BCUT2D eigenvalue weighted by Crippen LogP contribution is 2.26. The van der Waals surface area contributed by atoms with E-state index in [1.54, 1.807) is 42.5 Å². The molecule has 0 unspecified atom stereocenters. The molecule has 2 amide bonds. The molecular weight excluding hydrogens is 347 g/mol. The SMILES string of the molecule is CCCCC(=O)Nc1ccc(C(=O)Nc2cc(Cl)ccc2Cl)cc1. The molecular formula is C18H18Cl2N2O2. The number of anilines is 2. The number of hydrogen-bond acceptors (Lipinski definition) is 2. The highest BCUT2D eigenvalue weighted by atomic mass is 35.5. The van der Waals surface area contributed by atoms with Gasteiger partial charge in [-0.2, -0.15) is 0 Å². The zero-order valence-corrected chi connectivity index (χ0v) is 14.7. The summed E-state index contributed by atoms with van der Waals surface area (Å²) in [5.74, 6) is -0.331. The summed E-state index contributed by atoms with van der Waals surface area (Å²) in [4.78, 5) is 23.9. The van der Waals surface area contributed by atoms with E-state index in [0.717, 1.165) is 12.8 Å². The molecule has 0 radical (unpaired) electrons. The van der Waals surface area contributed by atoms with Gasteiger partial charge in [0, 0.05) is 22.7 Å². The minimum atomic E-state index is -0.303. The summed E-state index contributed by atoms with van der Waals surface area (Å²) in [7, 11) is 0. The van der Waals surface area contributed by atoms with Crippen molar-refractivity contribution < 1.29 is 9.59 Å². The van der Waals surface area contributed by atoms with Crippen molar-refractivity contribution in [2.45, 2.75) is 26.2 Å². The maximum Gasteiger partial charge on any atom is 0.255 e. The second kappa shape index (κ2) is 8.71. The van der Waals surface area contributed by atoms with Gasteiger partial charge in [-0.3, -0.25) is 9.59 Å². The van der Waals surface area contributed by atoms with Crippen LogP contribution in [0.25, 0.3) is 0 Å². The summed E-state index contributed by atoms with van der Waals surface area (Å²) in [6.45, 7) is 2.03. The molecule has 2 N–H and O–H groups in total. The zero-order chi connectivity index (χ0) is 17.5. The normalized spacial score (nSPS) is 10.3. The summed E-state index contributed by atoms with van der Waals surface area (Å²) in [5, 5.41) is 6.41. The monoisotopic (exact) mass is 364 g/mol. The van der Waals surface area contributed by atoms with E-state index in [2.05, 4.69) is 10.6 Å². The Kier molecular flexibility index (Phi) is 6.64. The van der Waals surface area contributed by atoms with Gasteiger partial charge < -0.3 is 10.6 Å². The van der Waals surface area contributed by atoms with Crippen molar-refractivity contribution in [2.24, 2.45) is 0 Å². The van der Waals surface area contributed by atoms with Crippen molar-refractivity contribution in [1.82, 2.24) is 0 Å². The van der Waals surface area contributed by atoms with Crippen LogP contribution in [0.15, 0.2) is 42.5 Å². The van der Waals surface area contributed by atoms with Crippen molar-refractivity contribution in [1.29, 1.82) is 0 Å². The van der Waals surface area contributed by atoms with Gasteiger partial charge in [0.05, 0.1) is 10.7 Å². The molecule has 2 aromatic carbocycles. The van der Waals surface area contributed by atoms with Crippen LogP contribution < -0.4 is 10.6 Å². The molecule has 0 bridgehead atoms. The van der Waals surface area contributed by atoms with Crippen LogP contribution in [0.2, 0.25) is 10.0 Å². The molecule has 0 spiro atoms. The Hall–Kier alpha value is -2.04. The maximum atomic E-state index is 12.3. The molecule has 0 aliphatic heterocycles. The van der Waals surface area contributed by atoms with E-state index in [9.17, 15) is 9.59 Å². The Morgan fingerprint density at radius 2 is 1.71 bits per heavy atom. The molecule has 126 valence electrons. The van der Waals surface area contributed by atoms with Crippen LogP contribution in [0.1, 0.15) is 36.5 Å². The van der Waals surface area contributed by atoms with E-state index in [4.69, 9.17) is 23.2 Å². The third kappa shape index (κ3) is 5.25. The number of carbonyl (C=O) groups excluding carboxylic acids is 2. The van der Waals surface area contributed by atoms with Crippen LogP contribution >= 0.6 is 23.2 Å². The fraction of sp³-hybridized carbons (Fsp3) is 0.222. The number of carbonyl (C=O) groups is 2. The zero-order valence-electron chi connectivity index (χ0n) is 13.2. The molecule has 4 nitrogen and oxygen atoms in total. The van der Waals surface area contributed by atoms with E-state index >= 15 is 0 Å². The summed E-state index contributed by atoms with van der Waals surface area (Å²) in [5.41, 5.74) is 1.57. The van der Waals surface area contributed by atoms with Crippen LogP contribution in [-0.2, 0) is 4.79 Å². The van der Waals surface area contributed by atoms with Crippen LogP contribution in [0.3, 0.4) is 0 Å². The van der Waals surface area contributed by atoms with Crippen molar-refractivity contribution in [3.05, 3.63) is 58.1 Å². The first-order valence-corrected chi connectivity index (χ1v) is 8.41. The van der Waals surface area contributed by atoms with Gasteiger partial charge in [0.1, 0.15) is 0 Å². The molecule has 0 saturated carbocycles. The smallest absolute Gasteiger partial charge is 0.255 e. The highest BCUT2D eigenvalue weighted by Gasteiger charge is 2.09. The molecule has 0 aliphatic rings. The number of amides is 2. The Morgan fingerprint density at radius 1 is 1.00 bits per heavy atom. The lowest BCUT2D eigenvalue weighted by atomic mass is 10.1. The molecule has 2 aromatic rings. The topological polar surface area (TPSA) is 58.2 Å². The number of halogens is 2. The van der Waals surface area contributed by atoms with Gasteiger partial charge in [0.15, 0.2) is 0 Å². The second-order valence-corrected chi connectivity index (χ2v) is 6.15. The fourth-order valence-electron chi connectivity index (χ4n) is 2.05. The van der Waals surface area contributed by atoms with Gasteiger partial charge in [0.25, 0.3) is 5.91 Å². The maximum absolute atomic E-state index is 12.3. The molecule has 0 fully saturated rings. The molecule has 24 heavy (non-hydrogen) atoms. The lowest BCUT2D eigenvalue weighted by molar-refractivity contribution is -0.116. The van der Waals surface area contributed by atoms with Gasteiger partial charge >= 0.3 is 0 Å². The van der Waals surface area contributed by atoms with E-state index in [-0.39, 0.29) is 11.8 Å². The average Bonchev–Trinajstić information content (AvgIpc) is 2.57. The predicted octanol–water partition coefficient (Wildman–Crippen LogP) is 5.37. The fourth-order valence-corrected chi connectivity index (χ4v) is 2.39. The van der Waals surface area contributed by atoms with E-state index < -0.39 is 0 Å². The predicted molar refractivity (Wildman–Crippen MR) is 99.0 cm³/mol. The van der Waals surface area contributed by atoms with Crippen molar-refractivity contribution in [3.63, 3.8) is 0 Å². The number of unbranched alkanes of at least 4 members (excludes halogenated alkanes) is 1. The summed E-state index contributed by atoms with van der Waals surface area (Å²) in [6, 6.07) is 11.5. The minimum Gasteiger partial charge on any atom is -0.326 e. The van der Waals surface area contributed by atoms with Gasteiger partial charge in [-0.05, 0) is 48.9 Å². The van der Waals surface area contributed by atoms with E-state index in [1.807, 2.05) is 6.92 Å². The third-order valence-corrected chi connectivity index (χ3v) is 3.93. The first-order valence-electron chi connectivity index (χ1n) is 7.66. The number of benzene rings is 2. The Balaban J connectivity index is 2.00. The van der Waals surface area contributed by atoms with Crippen LogP contribution in [0.4, 0.5) is 11.4 Å². The lowest BCUT2D eigenvalue weighted by Gasteiger charge is -2.09. The minimum absolute atomic E-state index is 0.0280. The first kappa shape index (κ1) is 18.3. The van der Waals surface area contributed by atoms with Gasteiger partial charge in [-0.25, -0.2) is 0 Å². The van der Waals surface area contributed by atoms with Crippen LogP contribution in [0, 0.1) is 0 Å². The quantitative estimate of drug-likeness (QED) is 0.723. The lowest BCUT2D eigenvalue weighted by Crippen LogP contribution is -2.13. The van der Waals surface area contributed by atoms with Crippen LogP contribution in [-0.4, -0.2) is 11.8 Å². The summed E-state index contributed by atoms with van der Waals surface area (Å²) < 4.78 is 0. The van der Waals surface area contributed by atoms with Gasteiger partial charge in [-0.15, -0.1) is 0 Å². The highest BCUT2D eigenvalue weighted by molar-refractivity contribution is 6.35. The number of nitrogens with one attached hydrogen (secondary N) is 2. The molecule has 0 heterocycles. The molecule has 6 heteroatoms. The van der Waals surface area contributed by atoms with E-state index in [1.165, 1.54) is 0 Å². The Bertz CT molecular complexity index is 730. The molecule has 0 aromatic heterocycles. The molecule has 0 saturated heterocycles.